The van der Waals surface area contributed by atoms with Crippen LogP contribution in [0.2, 0.25) is 0 Å². The van der Waals surface area contributed by atoms with Crippen molar-refractivity contribution in [3.8, 4) is 0 Å². The van der Waals surface area contributed by atoms with Crippen molar-refractivity contribution in [2.75, 3.05) is 19.4 Å². The Bertz CT molecular complexity index is 760. The summed E-state index contributed by atoms with van der Waals surface area (Å²) < 4.78 is 4.92. The number of likely N-dealkylation sites (N-methyl/N-ethyl adjacent to an activating group) is 1. The lowest BCUT2D eigenvalue weighted by atomic mass is 10.1. The fourth-order valence-electron chi connectivity index (χ4n) is 1.89. The van der Waals surface area contributed by atoms with E-state index < -0.39 is 23.4 Å². The lowest BCUT2D eigenvalue weighted by molar-refractivity contribution is -0.384. The van der Waals surface area contributed by atoms with Crippen LogP contribution in [0.15, 0.2) is 35.0 Å². The van der Waals surface area contributed by atoms with Crippen LogP contribution in [-0.2, 0) is 16.1 Å². The zero-order valence-electron chi connectivity index (χ0n) is 12.8. The highest BCUT2D eigenvalue weighted by atomic mass is 32.1. The fraction of sp³-hybridized carbons (Fsp3) is 0.200. The van der Waals surface area contributed by atoms with E-state index in [2.05, 4.69) is 0 Å². The van der Waals surface area contributed by atoms with Crippen molar-refractivity contribution in [1.29, 1.82) is 0 Å². The molecule has 0 saturated carbocycles. The number of hydrogen-bond acceptors (Lipinski definition) is 7. The molecule has 24 heavy (non-hydrogen) atoms. The number of carbonyl (C=O) groups excluding carboxylic acids is 2. The van der Waals surface area contributed by atoms with Crippen LogP contribution in [0.1, 0.15) is 15.9 Å². The third-order valence-corrected chi connectivity index (χ3v) is 3.95. The quantitative estimate of drug-likeness (QED) is 0.369. The highest BCUT2D eigenvalue weighted by Gasteiger charge is 2.18. The Balaban J connectivity index is 1.96. The molecule has 0 bridgehead atoms. The molecule has 2 N–H and O–H groups in total. The van der Waals surface area contributed by atoms with Gasteiger partial charge in [-0.15, -0.1) is 0 Å². The predicted molar refractivity (Wildman–Crippen MR) is 88.6 cm³/mol. The Morgan fingerprint density at radius 3 is 2.75 bits per heavy atom. The molecule has 1 aromatic heterocycles. The van der Waals surface area contributed by atoms with Gasteiger partial charge in [0.15, 0.2) is 6.61 Å². The van der Waals surface area contributed by atoms with Crippen LogP contribution in [0.5, 0.6) is 0 Å². The van der Waals surface area contributed by atoms with Crippen molar-refractivity contribution in [3.05, 3.63) is 56.3 Å². The number of benzene rings is 1. The molecule has 2 aromatic rings. The summed E-state index contributed by atoms with van der Waals surface area (Å²) in [6, 6.07) is 5.35. The number of rotatable bonds is 6. The molecule has 8 nitrogen and oxygen atoms in total. The highest BCUT2D eigenvalue weighted by Crippen LogP contribution is 2.20. The number of anilines is 1. The molecule has 1 heterocycles. The number of non-ortho nitro benzene ring substituents is 1. The fourth-order valence-corrected chi connectivity index (χ4v) is 2.55. The summed E-state index contributed by atoms with van der Waals surface area (Å²) in [5, 5.41) is 14.6. The number of esters is 1. The van der Waals surface area contributed by atoms with Gasteiger partial charge >= 0.3 is 5.97 Å². The number of ether oxygens (including phenoxy) is 1. The molecule has 1 amide bonds. The minimum atomic E-state index is -0.881. The maximum absolute atomic E-state index is 12.0. The molecule has 0 aliphatic carbocycles. The van der Waals surface area contributed by atoms with Crippen LogP contribution in [0.4, 0.5) is 11.4 Å². The van der Waals surface area contributed by atoms with Crippen LogP contribution in [0, 0.1) is 10.1 Å². The van der Waals surface area contributed by atoms with Crippen molar-refractivity contribution in [3.63, 3.8) is 0 Å². The predicted octanol–water partition coefficient (Wildman–Crippen LogP) is 2.05. The molecule has 2 rings (SSSR count). The molecule has 0 saturated heterocycles. The van der Waals surface area contributed by atoms with Gasteiger partial charge in [0.05, 0.1) is 10.5 Å². The molecule has 126 valence electrons. The van der Waals surface area contributed by atoms with E-state index in [1.807, 2.05) is 16.8 Å². The van der Waals surface area contributed by atoms with Crippen LogP contribution >= 0.6 is 11.3 Å². The van der Waals surface area contributed by atoms with Crippen molar-refractivity contribution in [1.82, 2.24) is 4.90 Å². The first-order valence-corrected chi connectivity index (χ1v) is 7.79. The van der Waals surface area contributed by atoms with Gasteiger partial charge in [0, 0.05) is 31.4 Å². The van der Waals surface area contributed by atoms with E-state index in [0.717, 1.165) is 11.6 Å². The number of amides is 1. The van der Waals surface area contributed by atoms with Gasteiger partial charge < -0.3 is 15.4 Å². The molecule has 0 atom stereocenters. The Hall–Kier alpha value is -2.94. The summed E-state index contributed by atoms with van der Waals surface area (Å²) in [5.41, 5.74) is 6.23. The highest BCUT2D eigenvalue weighted by molar-refractivity contribution is 7.07. The second-order valence-electron chi connectivity index (χ2n) is 4.99. The molecular formula is C15H15N3O5S. The third-order valence-electron chi connectivity index (χ3n) is 3.22. The second-order valence-corrected chi connectivity index (χ2v) is 5.77. The number of nitro benzene ring substituents is 1. The monoisotopic (exact) mass is 349 g/mol. The molecule has 0 fully saturated rings. The van der Waals surface area contributed by atoms with E-state index in [1.54, 1.807) is 7.05 Å². The number of carbonyl (C=O) groups is 2. The van der Waals surface area contributed by atoms with Crippen molar-refractivity contribution >= 4 is 34.6 Å². The van der Waals surface area contributed by atoms with Crippen LogP contribution < -0.4 is 5.73 Å². The smallest absolute Gasteiger partial charge is 0.341 e. The van der Waals surface area contributed by atoms with Gasteiger partial charge in [0.2, 0.25) is 0 Å². The molecule has 0 radical (unpaired) electrons. The number of nitro groups is 1. The molecule has 0 spiro atoms. The number of nitrogens with two attached hydrogens (primary N) is 1. The maximum Gasteiger partial charge on any atom is 0.341 e. The van der Waals surface area contributed by atoms with Crippen molar-refractivity contribution in [2.24, 2.45) is 0 Å². The molecule has 9 heteroatoms. The summed E-state index contributed by atoms with van der Waals surface area (Å²) in [5.74, 6) is -1.27. The summed E-state index contributed by atoms with van der Waals surface area (Å²) in [7, 11) is 1.59. The topological polar surface area (TPSA) is 116 Å². The standard InChI is InChI=1S/C15H15N3O5S/c1-17(7-10-4-5-24-9-10)14(19)8-23-15(20)12-6-11(18(21)22)2-3-13(12)16/h2-6,9H,7-8,16H2,1H3. The Morgan fingerprint density at radius 1 is 1.38 bits per heavy atom. The summed E-state index contributed by atoms with van der Waals surface area (Å²) in [4.78, 5) is 35.5. The van der Waals surface area contributed by atoms with Gasteiger partial charge in [-0.3, -0.25) is 14.9 Å². The van der Waals surface area contributed by atoms with Crippen LogP contribution in [0.25, 0.3) is 0 Å². The van der Waals surface area contributed by atoms with E-state index in [4.69, 9.17) is 10.5 Å². The summed E-state index contributed by atoms with van der Waals surface area (Å²) in [6.45, 7) is -0.0690. The van der Waals surface area contributed by atoms with Crippen molar-refractivity contribution < 1.29 is 19.2 Å². The number of thiophene rings is 1. The van der Waals surface area contributed by atoms with E-state index in [0.29, 0.717) is 6.54 Å². The molecule has 0 aliphatic rings. The van der Waals surface area contributed by atoms with E-state index >= 15 is 0 Å². The lowest BCUT2D eigenvalue weighted by Crippen LogP contribution is -2.30. The second kappa shape index (κ2) is 7.55. The normalized spacial score (nSPS) is 10.2. The summed E-state index contributed by atoms with van der Waals surface area (Å²) in [6.07, 6.45) is 0. The van der Waals surface area contributed by atoms with Crippen molar-refractivity contribution in [2.45, 2.75) is 6.54 Å². The van der Waals surface area contributed by atoms with Gasteiger partial charge in [-0.25, -0.2) is 4.79 Å². The lowest BCUT2D eigenvalue weighted by Gasteiger charge is -2.16. The van der Waals surface area contributed by atoms with Gasteiger partial charge in [0.25, 0.3) is 11.6 Å². The minimum Gasteiger partial charge on any atom is -0.452 e. The average molecular weight is 349 g/mol. The van der Waals surface area contributed by atoms with Crippen LogP contribution in [0.3, 0.4) is 0 Å². The average Bonchev–Trinajstić information content (AvgIpc) is 3.05. The molecule has 0 aliphatic heterocycles. The number of hydrogen-bond donors (Lipinski definition) is 1. The van der Waals surface area contributed by atoms with E-state index in [9.17, 15) is 19.7 Å². The third kappa shape index (κ3) is 4.29. The van der Waals surface area contributed by atoms with E-state index in [-0.39, 0.29) is 16.9 Å². The van der Waals surface area contributed by atoms with Gasteiger partial charge in [-0.1, -0.05) is 0 Å². The zero-order valence-corrected chi connectivity index (χ0v) is 13.6. The maximum atomic E-state index is 12.0. The molecular weight excluding hydrogens is 334 g/mol. The SMILES string of the molecule is CN(Cc1ccsc1)C(=O)COC(=O)c1cc([N+](=O)[O-])ccc1N. The Labute approximate surface area is 141 Å². The first-order valence-electron chi connectivity index (χ1n) is 6.84. The Morgan fingerprint density at radius 2 is 2.12 bits per heavy atom. The van der Waals surface area contributed by atoms with Crippen LogP contribution in [-0.4, -0.2) is 35.4 Å². The van der Waals surface area contributed by atoms with Gasteiger partial charge in [-0.05, 0) is 28.5 Å². The Kier molecular flexibility index (Phi) is 5.48. The summed E-state index contributed by atoms with van der Waals surface area (Å²) >= 11 is 1.52. The van der Waals surface area contributed by atoms with Gasteiger partial charge in [0.1, 0.15) is 0 Å². The number of nitrogen functional groups attached to an aromatic ring is 1. The zero-order chi connectivity index (χ0) is 17.7. The largest absolute Gasteiger partial charge is 0.452 e. The minimum absolute atomic E-state index is 0.0460. The van der Waals surface area contributed by atoms with Gasteiger partial charge in [-0.2, -0.15) is 11.3 Å². The van der Waals surface area contributed by atoms with E-state index in [1.165, 1.54) is 28.4 Å². The first-order chi connectivity index (χ1) is 11.4. The number of nitrogens with zero attached hydrogens (tertiary/aromatic N) is 2. The molecule has 0 unspecified atom stereocenters. The molecule has 1 aromatic carbocycles. The first kappa shape index (κ1) is 17.4.